The van der Waals surface area contributed by atoms with Gasteiger partial charge in [-0.1, -0.05) is 13.3 Å². The average Bonchev–Trinajstić information content (AvgIpc) is 2.89. The summed E-state index contributed by atoms with van der Waals surface area (Å²) in [6, 6.07) is -0.509. The quantitative estimate of drug-likeness (QED) is 0.689. The molecule has 6 nitrogen and oxygen atoms in total. The number of aliphatic carboxylic acids is 1. The van der Waals surface area contributed by atoms with Gasteiger partial charge in [-0.15, -0.1) is 0 Å². The largest absolute Gasteiger partial charge is 0.481 e. The van der Waals surface area contributed by atoms with Gasteiger partial charge in [0.1, 0.15) is 5.92 Å². The molecule has 0 spiro atoms. The van der Waals surface area contributed by atoms with E-state index in [-0.39, 0.29) is 25.3 Å². The lowest BCUT2D eigenvalue weighted by Gasteiger charge is -2.21. The third kappa shape index (κ3) is 2.93. The molecule has 2 aliphatic rings. The van der Waals surface area contributed by atoms with E-state index in [9.17, 15) is 9.59 Å². The van der Waals surface area contributed by atoms with Gasteiger partial charge in [-0.05, 0) is 18.8 Å². The smallest absolute Gasteiger partial charge is 0.315 e. The van der Waals surface area contributed by atoms with E-state index in [4.69, 9.17) is 9.84 Å². The van der Waals surface area contributed by atoms with Crippen LogP contribution in [0.25, 0.3) is 0 Å². The second kappa shape index (κ2) is 5.56. The van der Waals surface area contributed by atoms with E-state index < -0.39 is 17.9 Å². The van der Waals surface area contributed by atoms with Crippen molar-refractivity contribution < 1.29 is 19.4 Å². The van der Waals surface area contributed by atoms with Crippen molar-refractivity contribution in [2.75, 3.05) is 13.2 Å². The minimum Gasteiger partial charge on any atom is -0.481 e. The molecule has 1 aliphatic heterocycles. The topological polar surface area (TPSA) is 87.7 Å². The van der Waals surface area contributed by atoms with Crippen LogP contribution in [0, 0.1) is 11.8 Å². The van der Waals surface area contributed by atoms with Crippen molar-refractivity contribution in [3.8, 4) is 0 Å². The lowest BCUT2D eigenvalue weighted by atomic mass is 10.0. The molecule has 102 valence electrons. The van der Waals surface area contributed by atoms with Gasteiger partial charge in [0.05, 0.1) is 19.3 Å². The number of ether oxygens (including phenoxy) is 1. The summed E-state index contributed by atoms with van der Waals surface area (Å²) in [5.74, 6) is -1.07. The summed E-state index contributed by atoms with van der Waals surface area (Å²) >= 11 is 0. The summed E-state index contributed by atoms with van der Waals surface area (Å²) in [6.07, 6.45) is 3.27. The Morgan fingerprint density at radius 2 is 1.89 bits per heavy atom. The minimum atomic E-state index is -0.924. The molecule has 1 aliphatic carbocycles. The van der Waals surface area contributed by atoms with Crippen LogP contribution in [0.5, 0.6) is 0 Å². The molecule has 18 heavy (non-hydrogen) atoms. The van der Waals surface area contributed by atoms with Crippen LogP contribution in [0.2, 0.25) is 0 Å². The molecule has 1 saturated heterocycles. The van der Waals surface area contributed by atoms with E-state index >= 15 is 0 Å². The molecule has 0 aromatic carbocycles. The first-order chi connectivity index (χ1) is 8.58. The summed E-state index contributed by atoms with van der Waals surface area (Å²) in [4.78, 5) is 22.7. The molecule has 1 heterocycles. The molecule has 6 heteroatoms. The molecule has 4 unspecified atom stereocenters. The van der Waals surface area contributed by atoms with Gasteiger partial charge in [-0.2, -0.15) is 0 Å². The van der Waals surface area contributed by atoms with Gasteiger partial charge in [0.15, 0.2) is 0 Å². The molecule has 2 amide bonds. The van der Waals surface area contributed by atoms with Crippen molar-refractivity contribution in [2.24, 2.45) is 11.8 Å². The monoisotopic (exact) mass is 256 g/mol. The fourth-order valence-corrected chi connectivity index (χ4v) is 2.68. The van der Waals surface area contributed by atoms with Crippen LogP contribution in [0.3, 0.4) is 0 Å². The van der Waals surface area contributed by atoms with E-state index in [2.05, 4.69) is 17.6 Å². The molecule has 1 saturated carbocycles. The molecule has 0 aromatic heterocycles. The number of carboxylic acid groups (broad SMARTS) is 1. The summed E-state index contributed by atoms with van der Waals surface area (Å²) < 4.78 is 5.10. The van der Waals surface area contributed by atoms with E-state index in [0.29, 0.717) is 5.92 Å². The van der Waals surface area contributed by atoms with Gasteiger partial charge in [0.25, 0.3) is 0 Å². The van der Waals surface area contributed by atoms with E-state index in [1.165, 1.54) is 0 Å². The molecule has 0 bridgehead atoms. The Balaban J connectivity index is 1.81. The molecule has 3 N–H and O–H groups in total. The Bertz CT molecular complexity index is 334. The third-order valence-electron chi connectivity index (χ3n) is 3.89. The van der Waals surface area contributed by atoms with E-state index in [0.717, 1.165) is 19.3 Å². The van der Waals surface area contributed by atoms with Crippen molar-refractivity contribution in [1.82, 2.24) is 10.6 Å². The Kier molecular flexibility index (Phi) is 4.06. The number of carbonyl (C=O) groups excluding carboxylic acids is 1. The van der Waals surface area contributed by atoms with E-state index in [1.54, 1.807) is 0 Å². The molecular formula is C12H20N2O4. The number of hydrogen-bond acceptors (Lipinski definition) is 3. The number of hydrogen-bond donors (Lipinski definition) is 3. The number of carboxylic acids is 1. The van der Waals surface area contributed by atoms with Crippen LogP contribution in [0.4, 0.5) is 4.79 Å². The first-order valence-corrected chi connectivity index (χ1v) is 6.45. The number of urea groups is 1. The van der Waals surface area contributed by atoms with Crippen LogP contribution in [0.15, 0.2) is 0 Å². The Hall–Kier alpha value is -1.30. The Morgan fingerprint density at radius 3 is 2.50 bits per heavy atom. The highest BCUT2D eigenvalue weighted by Crippen LogP contribution is 2.24. The minimum absolute atomic E-state index is 0.167. The maximum atomic E-state index is 11.8. The maximum Gasteiger partial charge on any atom is 0.315 e. The molecule has 2 fully saturated rings. The SMILES string of the molecule is CC1CCCC1NC(=O)NC1COCC1C(=O)O. The van der Waals surface area contributed by atoms with Crippen molar-refractivity contribution >= 4 is 12.0 Å². The second-order valence-corrected chi connectivity index (χ2v) is 5.22. The van der Waals surface area contributed by atoms with Crippen LogP contribution in [-0.2, 0) is 9.53 Å². The standard InChI is InChI=1S/C12H20N2O4/c1-7-3-2-4-9(7)13-12(17)14-10-6-18-5-8(10)11(15)16/h7-10H,2-6H2,1H3,(H,15,16)(H2,13,14,17). The number of carbonyl (C=O) groups is 2. The first-order valence-electron chi connectivity index (χ1n) is 6.45. The van der Waals surface area contributed by atoms with Gasteiger partial charge in [0, 0.05) is 6.04 Å². The van der Waals surface area contributed by atoms with Crippen molar-refractivity contribution in [3.05, 3.63) is 0 Å². The normalized spacial score (nSPS) is 35.4. The van der Waals surface area contributed by atoms with Gasteiger partial charge < -0.3 is 20.5 Å². The fourth-order valence-electron chi connectivity index (χ4n) is 2.68. The summed E-state index contributed by atoms with van der Waals surface area (Å²) in [5, 5.41) is 14.6. The number of rotatable bonds is 3. The number of nitrogens with one attached hydrogen (secondary N) is 2. The lowest BCUT2D eigenvalue weighted by Crippen LogP contribution is -2.50. The number of amides is 2. The van der Waals surface area contributed by atoms with Gasteiger partial charge in [-0.3, -0.25) is 4.79 Å². The van der Waals surface area contributed by atoms with Crippen LogP contribution < -0.4 is 10.6 Å². The fraction of sp³-hybridized carbons (Fsp3) is 0.833. The Labute approximate surface area is 106 Å². The first kappa shape index (κ1) is 13.1. The zero-order valence-corrected chi connectivity index (χ0v) is 10.5. The van der Waals surface area contributed by atoms with Gasteiger partial charge >= 0.3 is 12.0 Å². The summed E-state index contributed by atoms with van der Waals surface area (Å²) in [5.41, 5.74) is 0. The average molecular weight is 256 g/mol. The zero-order valence-electron chi connectivity index (χ0n) is 10.5. The zero-order chi connectivity index (χ0) is 13.1. The highest BCUT2D eigenvalue weighted by atomic mass is 16.5. The van der Waals surface area contributed by atoms with Gasteiger partial charge in [0.2, 0.25) is 0 Å². The predicted octanol–water partition coefficient (Wildman–Crippen LogP) is 0.574. The molecule has 2 rings (SSSR count). The molecule has 0 aromatic rings. The highest BCUT2D eigenvalue weighted by molar-refractivity contribution is 5.77. The van der Waals surface area contributed by atoms with Gasteiger partial charge in [-0.25, -0.2) is 4.79 Å². The molecule has 0 radical (unpaired) electrons. The van der Waals surface area contributed by atoms with E-state index in [1.807, 2.05) is 0 Å². The lowest BCUT2D eigenvalue weighted by molar-refractivity contribution is -0.142. The Morgan fingerprint density at radius 1 is 1.17 bits per heavy atom. The van der Waals surface area contributed by atoms with Crippen molar-refractivity contribution in [1.29, 1.82) is 0 Å². The predicted molar refractivity (Wildman–Crippen MR) is 64.2 cm³/mol. The van der Waals surface area contributed by atoms with Crippen molar-refractivity contribution in [3.63, 3.8) is 0 Å². The second-order valence-electron chi connectivity index (χ2n) is 5.22. The van der Waals surface area contributed by atoms with Crippen molar-refractivity contribution in [2.45, 2.75) is 38.3 Å². The summed E-state index contributed by atoms with van der Waals surface area (Å²) in [6.45, 7) is 2.56. The van der Waals surface area contributed by atoms with Crippen LogP contribution in [0.1, 0.15) is 26.2 Å². The molecule has 4 atom stereocenters. The van der Waals surface area contributed by atoms with Crippen LogP contribution >= 0.6 is 0 Å². The highest BCUT2D eigenvalue weighted by Gasteiger charge is 2.35. The van der Waals surface area contributed by atoms with Crippen LogP contribution in [-0.4, -0.2) is 42.4 Å². The molecular weight excluding hydrogens is 236 g/mol. The third-order valence-corrected chi connectivity index (χ3v) is 3.89. The maximum absolute atomic E-state index is 11.8. The summed E-state index contributed by atoms with van der Waals surface area (Å²) in [7, 11) is 0.